The Balaban J connectivity index is 0.00000342. The maximum absolute atomic E-state index is 13.8. The van der Waals surface area contributed by atoms with E-state index in [-0.39, 0.29) is 41.9 Å². The molecule has 0 radical (unpaired) electrons. The number of anilines is 1. The van der Waals surface area contributed by atoms with Gasteiger partial charge in [-0.15, -0.1) is 5.10 Å². The van der Waals surface area contributed by atoms with Crippen LogP contribution in [0.1, 0.15) is 70.4 Å². The van der Waals surface area contributed by atoms with Gasteiger partial charge in [-0.25, -0.2) is 4.68 Å². The van der Waals surface area contributed by atoms with Gasteiger partial charge in [0.15, 0.2) is 0 Å². The van der Waals surface area contributed by atoms with Crippen LogP contribution in [-0.4, -0.2) is 85.2 Å². The van der Waals surface area contributed by atoms with Crippen LogP contribution in [0.15, 0.2) is 77.7 Å². The van der Waals surface area contributed by atoms with Gasteiger partial charge in [0, 0.05) is 56.6 Å². The second kappa shape index (κ2) is 22.6. The molecule has 4 aromatic rings. The molecule has 1 aliphatic heterocycles. The highest BCUT2D eigenvalue weighted by atomic mass is 32.2. The fraction of sp³-hybridized carbons (Fsp3) is 0.439. The van der Waals surface area contributed by atoms with Crippen LogP contribution in [-0.2, 0) is 53.5 Å². The molecule has 1 aliphatic rings. The zero-order valence-electron chi connectivity index (χ0n) is 32.5. The lowest BCUT2D eigenvalue weighted by Gasteiger charge is -2.28. The van der Waals surface area contributed by atoms with Crippen LogP contribution in [0.4, 0.5) is 5.69 Å². The van der Waals surface area contributed by atoms with Gasteiger partial charge in [0.2, 0.25) is 17.7 Å². The molecule has 5 rings (SSSR count). The molecule has 2 heterocycles. The molecule has 0 saturated heterocycles. The lowest BCUT2D eigenvalue weighted by atomic mass is 9.95. The number of ether oxygens (including phenoxy) is 2. The summed E-state index contributed by atoms with van der Waals surface area (Å²) < 4.78 is 44.5. The van der Waals surface area contributed by atoms with Crippen LogP contribution in [0.2, 0.25) is 0 Å². The number of unbranched alkanes of at least 4 members (excludes halogenated alkanes) is 1. The molecule has 0 atom stereocenters. The summed E-state index contributed by atoms with van der Waals surface area (Å²) >= 11 is 0. The second-order valence-electron chi connectivity index (χ2n) is 12.9. The number of carbonyl (C=O) groups is 3. The predicted octanol–water partition coefficient (Wildman–Crippen LogP) is 5.60. The molecule has 0 spiro atoms. The Hall–Kier alpha value is -4.96. The highest BCUT2D eigenvalue weighted by Crippen LogP contribution is 2.41. The number of aromatic nitrogens is 3. The molecule has 0 fully saturated rings. The van der Waals surface area contributed by atoms with Gasteiger partial charge in [0.25, 0.3) is 10.1 Å². The minimum absolute atomic E-state index is 0.0278. The number of hydrogen-bond donors (Lipinski definition) is 3. The van der Waals surface area contributed by atoms with Crippen LogP contribution in [0, 0.1) is 0 Å². The number of nitrogens with zero attached hydrogens (tertiary/aromatic N) is 4. The Labute approximate surface area is 329 Å². The highest BCUT2D eigenvalue weighted by Gasteiger charge is 2.29. The average Bonchev–Trinajstić information content (AvgIpc) is 3.62. The third-order valence-electron chi connectivity index (χ3n) is 8.97. The molecule has 0 unspecified atom stereocenters. The smallest absolute Gasteiger partial charge is 0.294 e. The first-order valence-electron chi connectivity index (χ1n) is 19.3. The van der Waals surface area contributed by atoms with Crippen molar-refractivity contribution in [2.24, 2.45) is 0 Å². The van der Waals surface area contributed by atoms with Crippen molar-refractivity contribution in [2.75, 3.05) is 44.4 Å². The maximum atomic E-state index is 13.8. The van der Waals surface area contributed by atoms with E-state index in [1.165, 1.54) is 12.1 Å². The number of para-hydroxylation sites is 1. The first-order chi connectivity index (χ1) is 27.2. The predicted molar refractivity (Wildman–Crippen MR) is 214 cm³/mol. The zero-order valence-corrected chi connectivity index (χ0v) is 33.4. The van der Waals surface area contributed by atoms with Gasteiger partial charge in [-0.3, -0.25) is 18.9 Å². The maximum Gasteiger partial charge on any atom is 0.294 e. The van der Waals surface area contributed by atoms with E-state index < -0.39 is 10.1 Å². The largest absolute Gasteiger partial charge is 0.379 e. The lowest BCUT2D eigenvalue weighted by molar-refractivity contribution is -0.125. The summed E-state index contributed by atoms with van der Waals surface area (Å²) in [7, 11) is -4.27. The molecule has 0 saturated carbocycles. The standard InChI is InChI=1S/C39H48N6O8S.C2H6/c1-2-3-24-52-26-27-53-25-22-41-36(47)19-20-37(48)44-28-30-9-4-5-10-32(30)39-38(33-11-6-7-12-34(33)44)42-43-45(39)23-8-21-40-35(46)18-15-29-13-16-31(17-14-29)54(49,50)51;1-2/h4-7,9-14,16-17H,2-3,8,15,18-28H2,1H3,(H,40,46)(H,41,47)(H,49,50,51);1-2H3. The topological polar surface area (TPSA) is 182 Å². The summed E-state index contributed by atoms with van der Waals surface area (Å²) in [5, 5.41) is 14.9. The molecular formula is C41H54N6O8S. The number of carbonyl (C=O) groups excluding carboxylic acids is 3. The summed E-state index contributed by atoms with van der Waals surface area (Å²) in [5.74, 6) is -0.548. The third-order valence-corrected chi connectivity index (χ3v) is 9.83. The second-order valence-corrected chi connectivity index (χ2v) is 14.3. The summed E-state index contributed by atoms with van der Waals surface area (Å²) in [5.41, 5.74) is 5.46. The molecule has 302 valence electrons. The van der Waals surface area contributed by atoms with Crippen molar-refractivity contribution < 1.29 is 36.8 Å². The van der Waals surface area contributed by atoms with Crippen LogP contribution in [0.25, 0.3) is 22.5 Å². The van der Waals surface area contributed by atoms with Crippen molar-refractivity contribution in [2.45, 2.75) is 83.7 Å². The van der Waals surface area contributed by atoms with E-state index >= 15 is 0 Å². The van der Waals surface area contributed by atoms with Gasteiger partial charge in [0.05, 0.1) is 42.6 Å². The minimum Gasteiger partial charge on any atom is -0.379 e. The molecule has 14 nitrogen and oxygen atoms in total. The Bertz CT molecular complexity index is 1980. The number of rotatable bonds is 20. The van der Waals surface area contributed by atoms with E-state index in [0.29, 0.717) is 70.2 Å². The molecule has 3 aromatic carbocycles. The first kappa shape index (κ1) is 43.8. The average molecular weight is 791 g/mol. The van der Waals surface area contributed by atoms with Crippen molar-refractivity contribution in [3.63, 3.8) is 0 Å². The van der Waals surface area contributed by atoms with E-state index in [4.69, 9.17) is 14.0 Å². The lowest BCUT2D eigenvalue weighted by Crippen LogP contribution is -2.34. The molecule has 0 aliphatic carbocycles. The Kier molecular flexibility index (Phi) is 17.6. The van der Waals surface area contributed by atoms with Gasteiger partial charge in [-0.2, -0.15) is 8.42 Å². The number of amides is 3. The molecule has 3 amide bonds. The summed E-state index contributed by atoms with van der Waals surface area (Å²) in [6.07, 6.45) is 3.40. The zero-order chi connectivity index (χ0) is 40.3. The minimum atomic E-state index is -4.27. The van der Waals surface area contributed by atoms with Crippen LogP contribution < -0.4 is 15.5 Å². The number of hydrogen-bond acceptors (Lipinski definition) is 9. The Morgan fingerprint density at radius 2 is 1.45 bits per heavy atom. The molecule has 15 heteroatoms. The summed E-state index contributed by atoms with van der Waals surface area (Å²) in [6, 6.07) is 21.2. The molecule has 56 heavy (non-hydrogen) atoms. The fourth-order valence-corrected chi connectivity index (χ4v) is 6.58. The van der Waals surface area contributed by atoms with Crippen molar-refractivity contribution in [3.05, 3.63) is 83.9 Å². The monoisotopic (exact) mass is 790 g/mol. The molecule has 1 aromatic heterocycles. The van der Waals surface area contributed by atoms with E-state index in [9.17, 15) is 22.8 Å². The summed E-state index contributed by atoms with van der Waals surface area (Å²) in [4.78, 5) is 40.5. The first-order valence-corrected chi connectivity index (χ1v) is 20.8. The SMILES string of the molecule is CC.CCCCOCCOCCNC(=O)CCC(=O)N1Cc2ccccc2-c2c(nnn2CCCNC(=O)CCc2ccc(S(=O)(=O)O)cc2)-c2ccccc21. The van der Waals surface area contributed by atoms with Crippen molar-refractivity contribution >= 4 is 33.5 Å². The van der Waals surface area contributed by atoms with Crippen LogP contribution in [0.5, 0.6) is 0 Å². The number of nitrogens with one attached hydrogen (secondary N) is 2. The van der Waals surface area contributed by atoms with E-state index in [2.05, 4.69) is 27.9 Å². The third kappa shape index (κ3) is 12.8. The number of fused-ring (bicyclic) bond motifs is 5. The van der Waals surface area contributed by atoms with Gasteiger partial charge in [0.1, 0.15) is 5.69 Å². The van der Waals surface area contributed by atoms with Gasteiger partial charge >= 0.3 is 0 Å². The molecule has 0 bridgehead atoms. The van der Waals surface area contributed by atoms with Gasteiger partial charge < -0.3 is 25.0 Å². The van der Waals surface area contributed by atoms with Crippen LogP contribution >= 0.6 is 0 Å². The number of aryl methyl sites for hydroxylation is 2. The van der Waals surface area contributed by atoms with E-state index in [1.54, 1.807) is 17.0 Å². The van der Waals surface area contributed by atoms with Crippen molar-refractivity contribution in [1.82, 2.24) is 25.6 Å². The van der Waals surface area contributed by atoms with Gasteiger partial charge in [-0.1, -0.05) is 87.0 Å². The Morgan fingerprint density at radius 3 is 2.18 bits per heavy atom. The molecular weight excluding hydrogens is 737 g/mol. The Morgan fingerprint density at radius 1 is 0.786 bits per heavy atom. The highest BCUT2D eigenvalue weighted by molar-refractivity contribution is 7.85. The van der Waals surface area contributed by atoms with Crippen molar-refractivity contribution in [1.29, 1.82) is 0 Å². The number of benzene rings is 3. The fourth-order valence-electron chi connectivity index (χ4n) is 6.10. The van der Waals surface area contributed by atoms with E-state index in [1.807, 2.05) is 67.1 Å². The van der Waals surface area contributed by atoms with Crippen LogP contribution in [0.3, 0.4) is 0 Å². The summed E-state index contributed by atoms with van der Waals surface area (Å²) in [6.45, 7) is 9.71. The van der Waals surface area contributed by atoms with Gasteiger partial charge in [-0.05, 0) is 48.6 Å². The normalized spacial score (nSPS) is 11.9. The molecule has 3 N–H and O–H groups in total. The van der Waals surface area contributed by atoms with Crippen molar-refractivity contribution in [3.8, 4) is 22.5 Å². The quantitative estimate of drug-likeness (QED) is 0.0753. The van der Waals surface area contributed by atoms with E-state index in [0.717, 1.165) is 47.4 Å².